The van der Waals surface area contributed by atoms with E-state index in [1.54, 1.807) is 26.7 Å². The van der Waals surface area contributed by atoms with Gasteiger partial charge < -0.3 is 33.7 Å². The Balaban J connectivity index is 0.000000207. The van der Waals surface area contributed by atoms with Crippen LogP contribution in [-0.4, -0.2) is 79.9 Å². The Hall–Kier alpha value is -5.02. The number of nitrogens with one attached hydrogen (secondary N) is 1. The van der Waals surface area contributed by atoms with Gasteiger partial charge in [-0.3, -0.25) is 0 Å². The number of fused-ring (bicyclic) bond motifs is 2. The molecule has 2 aromatic heterocycles. The molecular weight excluding hydrogens is 586 g/mol. The molecule has 3 aromatic carbocycles. The zero-order valence-corrected chi connectivity index (χ0v) is 26.0. The van der Waals surface area contributed by atoms with Crippen molar-refractivity contribution in [2.24, 2.45) is 0 Å². The zero-order valence-electron chi connectivity index (χ0n) is 26.0. The lowest BCUT2D eigenvalue weighted by Crippen LogP contribution is -2.16. The van der Waals surface area contributed by atoms with Crippen molar-refractivity contribution in [1.29, 1.82) is 0 Å². The number of nitrogens with zero attached hydrogens (tertiary/aromatic N) is 4. The average molecular weight is 624 g/mol. The fraction of sp³-hybridized carbons (Fsp3) is 0.314. The van der Waals surface area contributed by atoms with Crippen LogP contribution in [0.3, 0.4) is 0 Å². The molecule has 0 unspecified atom stereocenters. The van der Waals surface area contributed by atoms with E-state index in [0.29, 0.717) is 50.4 Å². The van der Waals surface area contributed by atoms with Crippen LogP contribution in [0.2, 0.25) is 0 Å². The molecule has 0 bridgehead atoms. The van der Waals surface area contributed by atoms with Crippen molar-refractivity contribution in [1.82, 2.24) is 19.9 Å². The van der Waals surface area contributed by atoms with E-state index in [2.05, 4.69) is 31.2 Å². The molecule has 238 valence electrons. The normalized spacial score (nSPS) is 13.9. The second-order valence-corrected chi connectivity index (χ2v) is 10.3. The van der Waals surface area contributed by atoms with E-state index < -0.39 is 0 Å². The first-order chi connectivity index (χ1) is 22.7. The molecule has 0 radical (unpaired) electrons. The summed E-state index contributed by atoms with van der Waals surface area (Å²) in [7, 11) is 3.25. The van der Waals surface area contributed by atoms with Crippen LogP contribution in [-0.2, 0) is 14.2 Å². The third kappa shape index (κ3) is 9.01. The minimum Gasteiger partial charge on any atom is -0.491 e. The van der Waals surface area contributed by atoms with Crippen LogP contribution in [0, 0.1) is 12.3 Å². The van der Waals surface area contributed by atoms with Gasteiger partial charge in [-0.05, 0) is 49.2 Å². The van der Waals surface area contributed by atoms with Crippen molar-refractivity contribution >= 4 is 33.3 Å². The number of hydrogen-bond donors (Lipinski definition) is 1. The Labute approximate surface area is 268 Å². The Morgan fingerprint density at radius 3 is 2.43 bits per heavy atom. The summed E-state index contributed by atoms with van der Waals surface area (Å²) in [6.45, 7) is 3.21. The number of terminal acetylenes is 1. The summed E-state index contributed by atoms with van der Waals surface area (Å²) >= 11 is 0. The fourth-order valence-electron chi connectivity index (χ4n) is 4.69. The first-order valence-electron chi connectivity index (χ1n) is 15.0. The van der Waals surface area contributed by atoms with Crippen LogP contribution in [0.4, 0.5) is 11.5 Å². The van der Waals surface area contributed by atoms with E-state index in [0.717, 1.165) is 58.3 Å². The smallest absolute Gasteiger partial charge is 0.163 e. The molecule has 11 nitrogen and oxygen atoms in total. The average Bonchev–Trinajstić information content (AvgIpc) is 3.62. The minimum absolute atomic E-state index is 0.246. The monoisotopic (exact) mass is 623 g/mol. The van der Waals surface area contributed by atoms with E-state index in [1.807, 2.05) is 54.6 Å². The molecule has 3 heterocycles. The quantitative estimate of drug-likeness (QED) is 0.131. The van der Waals surface area contributed by atoms with Gasteiger partial charge in [0.2, 0.25) is 0 Å². The van der Waals surface area contributed by atoms with Crippen LogP contribution in [0.25, 0.3) is 21.8 Å². The molecule has 1 aliphatic rings. The van der Waals surface area contributed by atoms with Crippen molar-refractivity contribution in [2.45, 2.75) is 18.9 Å². The lowest BCUT2D eigenvalue weighted by Gasteiger charge is -2.15. The van der Waals surface area contributed by atoms with Gasteiger partial charge in [0.05, 0.1) is 30.4 Å². The summed E-state index contributed by atoms with van der Waals surface area (Å²) in [6.07, 6.45) is 12.8. The van der Waals surface area contributed by atoms with Crippen LogP contribution < -0.4 is 19.5 Å². The maximum atomic E-state index is 5.86. The largest absolute Gasteiger partial charge is 0.491 e. The van der Waals surface area contributed by atoms with Gasteiger partial charge in [-0.15, -0.1) is 6.42 Å². The number of methoxy groups -OCH3 is 2. The number of anilines is 2. The van der Waals surface area contributed by atoms with E-state index in [9.17, 15) is 0 Å². The Morgan fingerprint density at radius 1 is 0.870 bits per heavy atom. The summed E-state index contributed by atoms with van der Waals surface area (Å²) in [5.41, 5.74) is 3.25. The Morgan fingerprint density at radius 2 is 1.67 bits per heavy atom. The molecule has 0 spiro atoms. The Bertz CT molecular complexity index is 1760. The van der Waals surface area contributed by atoms with Crippen molar-refractivity contribution in [3.05, 3.63) is 79.0 Å². The molecule has 11 heteroatoms. The van der Waals surface area contributed by atoms with Crippen LogP contribution in [0.15, 0.2) is 73.4 Å². The lowest BCUT2D eigenvalue weighted by molar-refractivity contribution is 0.0680. The number of ether oxygens (including phenoxy) is 6. The number of aromatic nitrogens is 4. The second kappa shape index (κ2) is 16.9. The standard InChI is InChI=1S/C22H23N3O4.C13H14N2O2/c1-4-16-6-5-7-17(12-16)25-22-18-13-20(28-10-8-26-2)21(29-11-9-27-3)14-19(18)23-15-24-22;1-2-12(16-5-1)8-17-11-4-3-10-7-14-9-15-13(10)6-11/h1,5-7,12-15H,8-11H2,2-3H3,(H,23,24,25);3-4,6-7,9,12H,1-2,5,8H2/t;12-/m.0/s1. The van der Waals surface area contributed by atoms with Crippen molar-refractivity contribution < 1.29 is 28.4 Å². The first kappa shape index (κ1) is 32.4. The molecule has 0 aliphatic carbocycles. The maximum Gasteiger partial charge on any atom is 0.163 e. The molecule has 1 atom stereocenters. The van der Waals surface area contributed by atoms with Crippen LogP contribution in [0.1, 0.15) is 18.4 Å². The SMILES string of the molecule is C#Cc1cccc(Nc2ncnc3cc(OCCOC)c(OCCOC)cc23)c1.c1ncc2ccc(OC[C@@H]3CCCO3)cc2n1. The first-order valence-corrected chi connectivity index (χ1v) is 15.0. The van der Waals surface area contributed by atoms with Gasteiger partial charge >= 0.3 is 0 Å². The van der Waals surface area contributed by atoms with Gasteiger partial charge in [-0.1, -0.05) is 12.0 Å². The van der Waals surface area contributed by atoms with E-state index in [4.69, 9.17) is 34.8 Å². The number of hydrogen-bond acceptors (Lipinski definition) is 11. The van der Waals surface area contributed by atoms with E-state index in [-0.39, 0.29) is 6.10 Å². The van der Waals surface area contributed by atoms with Gasteiger partial charge in [0.15, 0.2) is 11.5 Å². The van der Waals surface area contributed by atoms with Crippen LogP contribution >= 0.6 is 0 Å². The Kier molecular flexibility index (Phi) is 11.9. The van der Waals surface area contributed by atoms with Gasteiger partial charge in [-0.2, -0.15) is 0 Å². The molecule has 1 fully saturated rings. The fourth-order valence-corrected chi connectivity index (χ4v) is 4.69. The third-order valence-electron chi connectivity index (χ3n) is 7.02. The second-order valence-electron chi connectivity index (χ2n) is 10.3. The van der Waals surface area contributed by atoms with Crippen molar-refractivity contribution in [3.63, 3.8) is 0 Å². The summed E-state index contributed by atoms with van der Waals surface area (Å²) < 4.78 is 33.0. The molecule has 0 amide bonds. The lowest BCUT2D eigenvalue weighted by atomic mass is 10.2. The molecule has 1 N–H and O–H groups in total. The highest BCUT2D eigenvalue weighted by molar-refractivity contribution is 5.93. The van der Waals surface area contributed by atoms with E-state index >= 15 is 0 Å². The maximum absolute atomic E-state index is 5.86. The summed E-state index contributed by atoms with van der Waals surface area (Å²) in [5, 5.41) is 5.12. The highest BCUT2D eigenvalue weighted by Gasteiger charge is 2.16. The predicted molar refractivity (Wildman–Crippen MR) is 176 cm³/mol. The summed E-state index contributed by atoms with van der Waals surface area (Å²) in [5.74, 6) is 5.28. The zero-order chi connectivity index (χ0) is 32.0. The third-order valence-corrected chi connectivity index (χ3v) is 7.02. The summed E-state index contributed by atoms with van der Waals surface area (Å²) in [4.78, 5) is 16.9. The van der Waals surface area contributed by atoms with Crippen molar-refractivity contribution in [3.8, 4) is 29.6 Å². The topological polar surface area (TPSA) is 119 Å². The minimum atomic E-state index is 0.246. The number of rotatable bonds is 13. The van der Waals surface area contributed by atoms with Crippen LogP contribution in [0.5, 0.6) is 17.2 Å². The molecule has 1 aliphatic heterocycles. The molecular formula is C35H37N5O6. The number of benzene rings is 3. The molecule has 1 saturated heterocycles. The van der Waals surface area contributed by atoms with Crippen molar-refractivity contribution in [2.75, 3.05) is 59.2 Å². The van der Waals surface area contributed by atoms with Gasteiger partial charge in [0, 0.05) is 61.2 Å². The molecule has 0 saturated carbocycles. The highest BCUT2D eigenvalue weighted by atomic mass is 16.6. The predicted octanol–water partition coefficient (Wildman–Crippen LogP) is 5.59. The molecule has 5 aromatic rings. The van der Waals surface area contributed by atoms with Gasteiger partial charge in [0.1, 0.15) is 44.0 Å². The van der Waals surface area contributed by atoms with Gasteiger partial charge in [-0.25, -0.2) is 19.9 Å². The molecule has 6 rings (SSSR count). The van der Waals surface area contributed by atoms with E-state index in [1.165, 1.54) is 6.33 Å². The molecule has 46 heavy (non-hydrogen) atoms. The summed E-state index contributed by atoms with van der Waals surface area (Å²) in [6, 6.07) is 17.1. The van der Waals surface area contributed by atoms with Gasteiger partial charge in [0.25, 0.3) is 0 Å². The highest BCUT2D eigenvalue weighted by Crippen LogP contribution is 2.35.